The van der Waals surface area contributed by atoms with Crippen LogP contribution in [0.4, 0.5) is 11.4 Å². The molecular formula is C20H20N2O6S. The summed E-state index contributed by atoms with van der Waals surface area (Å²) in [6, 6.07) is 12.3. The fourth-order valence-electron chi connectivity index (χ4n) is 2.93. The number of Topliss-reactive ketones (excluding diaryl/α,β-unsaturated/α-hetero) is 1. The third-order valence-corrected chi connectivity index (χ3v) is 4.94. The Labute approximate surface area is 168 Å². The molecule has 0 radical (unpaired) electrons. The number of hydrogen-bond acceptors (Lipinski definition) is 6. The van der Waals surface area contributed by atoms with E-state index in [9.17, 15) is 22.8 Å². The Hall–Kier alpha value is -3.20. The Bertz CT molecular complexity index is 1030. The maximum Gasteiger partial charge on any atom is 0.338 e. The van der Waals surface area contributed by atoms with Gasteiger partial charge in [-0.2, -0.15) is 0 Å². The number of esters is 1. The van der Waals surface area contributed by atoms with E-state index in [1.54, 1.807) is 29.2 Å². The molecule has 1 amide bonds. The summed E-state index contributed by atoms with van der Waals surface area (Å²) in [4.78, 5) is 37.8. The summed E-state index contributed by atoms with van der Waals surface area (Å²) in [5, 5.41) is 0. The van der Waals surface area contributed by atoms with Gasteiger partial charge in [0.15, 0.2) is 12.4 Å². The molecule has 1 heterocycles. The number of ketones is 1. The number of nitrogens with zero attached hydrogens (tertiary/aromatic N) is 1. The summed E-state index contributed by atoms with van der Waals surface area (Å²) < 4.78 is 29.7. The van der Waals surface area contributed by atoms with Gasteiger partial charge in [-0.05, 0) is 55.0 Å². The lowest BCUT2D eigenvalue weighted by molar-refractivity contribution is -0.117. The minimum Gasteiger partial charge on any atom is -0.454 e. The molecule has 1 N–H and O–H groups in total. The number of rotatable bonds is 7. The van der Waals surface area contributed by atoms with Crippen molar-refractivity contribution in [2.75, 3.05) is 29.0 Å². The van der Waals surface area contributed by atoms with Gasteiger partial charge >= 0.3 is 5.97 Å². The minimum atomic E-state index is -3.40. The summed E-state index contributed by atoms with van der Waals surface area (Å²) >= 11 is 0. The van der Waals surface area contributed by atoms with Crippen LogP contribution in [0.1, 0.15) is 33.6 Å². The van der Waals surface area contributed by atoms with Crippen LogP contribution in [-0.4, -0.2) is 45.5 Å². The van der Waals surface area contributed by atoms with Crippen LogP contribution >= 0.6 is 0 Å². The maximum atomic E-state index is 12.2. The van der Waals surface area contributed by atoms with Crippen molar-refractivity contribution in [2.24, 2.45) is 0 Å². The number of carbonyl (C=O) groups is 3. The number of nitrogens with one attached hydrogen (secondary N) is 1. The highest BCUT2D eigenvalue weighted by Crippen LogP contribution is 2.22. The van der Waals surface area contributed by atoms with E-state index < -0.39 is 28.4 Å². The van der Waals surface area contributed by atoms with Gasteiger partial charge in [-0.15, -0.1) is 0 Å². The van der Waals surface area contributed by atoms with Crippen molar-refractivity contribution in [1.82, 2.24) is 0 Å². The molecule has 29 heavy (non-hydrogen) atoms. The quantitative estimate of drug-likeness (QED) is 0.547. The molecular weight excluding hydrogens is 396 g/mol. The minimum absolute atomic E-state index is 0.0590. The molecule has 3 rings (SSSR count). The smallest absolute Gasteiger partial charge is 0.338 e. The van der Waals surface area contributed by atoms with Crippen molar-refractivity contribution in [2.45, 2.75) is 12.8 Å². The van der Waals surface area contributed by atoms with Crippen molar-refractivity contribution in [3.05, 3.63) is 59.7 Å². The largest absolute Gasteiger partial charge is 0.454 e. The molecule has 1 aliphatic heterocycles. The Morgan fingerprint density at radius 3 is 2.21 bits per heavy atom. The lowest BCUT2D eigenvalue weighted by atomic mass is 10.1. The molecule has 152 valence electrons. The van der Waals surface area contributed by atoms with Gasteiger partial charge in [-0.3, -0.25) is 14.3 Å². The Morgan fingerprint density at radius 2 is 1.66 bits per heavy atom. The summed E-state index contributed by atoms with van der Waals surface area (Å²) in [5.41, 5.74) is 1.63. The van der Waals surface area contributed by atoms with Crippen LogP contribution in [0.25, 0.3) is 0 Å². The van der Waals surface area contributed by atoms with Crippen LogP contribution in [-0.2, 0) is 19.6 Å². The molecule has 1 aliphatic rings. The molecule has 0 aromatic heterocycles. The van der Waals surface area contributed by atoms with Crippen LogP contribution in [0.15, 0.2) is 48.5 Å². The summed E-state index contributed by atoms with van der Waals surface area (Å²) in [5.74, 6) is -1.000. The second-order valence-corrected chi connectivity index (χ2v) is 8.40. The van der Waals surface area contributed by atoms with Gasteiger partial charge in [0.25, 0.3) is 0 Å². The average molecular weight is 416 g/mol. The predicted molar refractivity (Wildman–Crippen MR) is 108 cm³/mol. The molecule has 0 bridgehead atoms. The normalized spacial score (nSPS) is 14.0. The number of ether oxygens (including phenoxy) is 1. The van der Waals surface area contributed by atoms with E-state index in [-0.39, 0.29) is 11.5 Å². The van der Waals surface area contributed by atoms with Crippen molar-refractivity contribution >= 4 is 39.1 Å². The third-order valence-electron chi connectivity index (χ3n) is 4.33. The molecule has 1 fully saturated rings. The molecule has 8 nitrogen and oxygen atoms in total. The number of hydrogen-bond donors (Lipinski definition) is 1. The van der Waals surface area contributed by atoms with E-state index in [4.69, 9.17) is 4.74 Å². The van der Waals surface area contributed by atoms with E-state index in [2.05, 4.69) is 4.72 Å². The lowest BCUT2D eigenvalue weighted by Crippen LogP contribution is -2.23. The van der Waals surface area contributed by atoms with Crippen LogP contribution in [0.3, 0.4) is 0 Å². The zero-order valence-corrected chi connectivity index (χ0v) is 16.6. The average Bonchev–Trinajstić information content (AvgIpc) is 3.11. The molecule has 2 aromatic rings. The van der Waals surface area contributed by atoms with Crippen molar-refractivity contribution in [3.63, 3.8) is 0 Å². The SMILES string of the molecule is CS(=O)(=O)Nc1ccc(C(=O)COC(=O)c2ccc(N3CCCC3=O)cc2)cc1. The molecule has 0 aliphatic carbocycles. The number of anilines is 2. The first-order valence-corrected chi connectivity index (χ1v) is 10.8. The zero-order valence-electron chi connectivity index (χ0n) is 15.8. The number of carbonyl (C=O) groups excluding carboxylic acids is 3. The first-order valence-electron chi connectivity index (χ1n) is 8.91. The molecule has 9 heteroatoms. The number of sulfonamides is 1. The van der Waals surface area contributed by atoms with Gasteiger partial charge in [0.05, 0.1) is 11.8 Å². The summed E-state index contributed by atoms with van der Waals surface area (Å²) in [6.07, 6.45) is 2.37. The van der Waals surface area contributed by atoms with Gasteiger partial charge in [-0.25, -0.2) is 13.2 Å². The Balaban J connectivity index is 1.56. The van der Waals surface area contributed by atoms with Gasteiger partial charge in [0.2, 0.25) is 15.9 Å². The third kappa shape index (κ3) is 5.41. The first-order chi connectivity index (χ1) is 13.7. The summed E-state index contributed by atoms with van der Waals surface area (Å²) in [7, 11) is -3.40. The Morgan fingerprint density at radius 1 is 1.03 bits per heavy atom. The van der Waals surface area contributed by atoms with Crippen LogP contribution in [0, 0.1) is 0 Å². The van der Waals surface area contributed by atoms with Crippen molar-refractivity contribution in [3.8, 4) is 0 Å². The molecule has 0 saturated carbocycles. The summed E-state index contributed by atoms with van der Waals surface area (Å²) in [6.45, 7) is 0.222. The van der Waals surface area contributed by atoms with Gasteiger partial charge < -0.3 is 9.64 Å². The van der Waals surface area contributed by atoms with Crippen LogP contribution < -0.4 is 9.62 Å². The van der Waals surface area contributed by atoms with Gasteiger partial charge in [-0.1, -0.05) is 0 Å². The van der Waals surface area contributed by atoms with Gasteiger partial charge in [0.1, 0.15) is 0 Å². The standard InChI is InChI=1S/C20H20N2O6S/c1-29(26,27)21-16-8-4-14(5-9-16)18(23)13-28-20(25)15-6-10-17(11-7-15)22-12-2-3-19(22)24/h4-11,21H,2-3,12-13H2,1H3. The molecule has 0 atom stereocenters. The van der Waals surface area contributed by atoms with E-state index in [1.807, 2.05) is 0 Å². The topological polar surface area (TPSA) is 110 Å². The maximum absolute atomic E-state index is 12.2. The van der Waals surface area contributed by atoms with E-state index in [1.165, 1.54) is 24.3 Å². The molecule has 0 spiro atoms. The predicted octanol–water partition coefficient (Wildman–Crippen LogP) is 2.22. The Kier molecular flexibility index (Phi) is 5.97. The fourth-order valence-corrected chi connectivity index (χ4v) is 3.50. The van der Waals surface area contributed by atoms with Gasteiger partial charge in [0, 0.05) is 29.9 Å². The highest BCUT2D eigenvalue weighted by atomic mass is 32.2. The number of amides is 1. The highest BCUT2D eigenvalue weighted by molar-refractivity contribution is 7.92. The van der Waals surface area contributed by atoms with E-state index >= 15 is 0 Å². The van der Waals surface area contributed by atoms with Crippen LogP contribution in [0.2, 0.25) is 0 Å². The fraction of sp³-hybridized carbons (Fsp3) is 0.250. The lowest BCUT2D eigenvalue weighted by Gasteiger charge is -2.15. The van der Waals surface area contributed by atoms with E-state index in [0.29, 0.717) is 24.2 Å². The second-order valence-electron chi connectivity index (χ2n) is 6.65. The first kappa shape index (κ1) is 20.5. The molecule has 2 aromatic carbocycles. The highest BCUT2D eigenvalue weighted by Gasteiger charge is 2.22. The van der Waals surface area contributed by atoms with Crippen molar-refractivity contribution in [1.29, 1.82) is 0 Å². The van der Waals surface area contributed by atoms with Crippen LogP contribution in [0.5, 0.6) is 0 Å². The monoisotopic (exact) mass is 416 g/mol. The van der Waals surface area contributed by atoms with Crippen molar-refractivity contribution < 1.29 is 27.5 Å². The van der Waals surface area contributed by atoms with E-state index in [0.717, 1.165) is 18.4 Å². The zero-order chi connectivity index (χ0) is 21.0. The molecule has 1 saturated heterocycles. The second kappa shape index (κ2) is 8.44. The number of benzene rings is 2. The molecule has 0 unspecified atom stereocenters.